The first-order valence-electron chi connectivity index (χ1n) is 11.7. The highest BCUT2D eigenvalue weighted by Gasteiger charge is 2.23. The molecule has 6 heteroatoms. The number of amides is 1. The summed E-state index contributed by atoms with van der Waals surface area (Å²) in [4.78, 5) is 26.5. The smallest absolute Gasteiger partial charge is 0.254 e. The number of hydrogen-bond donors (Lipinski definition) is 0. The van der Waals surface area contributed by atoms with E-state index < -0.39 is 0 Å². The number of hydrogen-bond acceptors (Lipinski definition) is 5. The van der Waals surface area contributed by atoms with E-state index in [9.17, 15) is 4.79 Å². The van der Waals surface area contributed by atoms with Crippen LogP contribution in [0.25, 0.3) is 10.9 Å². The maximum absolute atomic E-state index is 13.3. The molecule has 0 saturated carbocycles. The van der Waals surface area contributed by atoms with Gasteiger partial charge in [0.2, 0.25) is 0 Å². The van der Waals surface area contributed by atoms with E-state index in [1.54, 1.807) is 6.20 Å². The molecule has 2 fully saturated rings. The van der Waals surface area contributed by atoms with Gasteiger partial charge in [-0.05, 0) is 61.4 Å². The summed E-state index contributed by atoms with van der Waals surface area (Å²) in [6, 6.07) is 14.3. The zero-order valence-electron chi connectivity index (χ0n) is 18.4. The zero-order valence-corrected chi connectivity index (χ0v) is 18.4. The molecule has 1 atom stereocenters. The van der Waals surface area contributed by atoms with E-state index in [-0.39, 0.29) is 5.91 Å². The predicted octanol–water partition coefficient (Wildman–Crippen LogP) is 3.95. The molecule has 166 valence electrons. The van der Waals surface area contributed by atoms with E-state index >= 15 is 0 Å². The lowest BCUT2D eigenvalue weighted by Gasteiger charge is -2.28. The Bertz CT molecular complexity index is 1070. The molecule has 0 bridgehead atoms. The van der Waals surface area contributed by atoms with Crippen LogP contribution in [0.5, 0.6) is 0 Å². The third-order valence-electron chi connectivity index (χ3n) is 6.71. The largest absolute Gasteiger partial charge is 0.378 e. The molecule has 32 heavy (non-hydrogen) atoms. The number of para-hydroxylation sites is 1. The number of fused-ring (bicyclic) bond motifs is 1. The van der Waals surface area contributed by atoms with Crippen LogP contribution in [0, 0.1) is 5.92 Å². The third-order valence-corrected chi connectivity index (χ3v) is 6.71. The monoisotopic (exact) mass is 430 g/mol. The number of aromatic nitrogens is 2. The Morgan fingerprint density at radius 1 is 0.969 bits per heavy atom. The second kappa shape index (κ2) is 9.65. The highest BCUT2D eigenvalue weighted by atomic mass is 16.5. The third kappa shape index (κ3) is 4.60. The summed E-state index contributed by atoms with van der Waals surface area (Å²) in [5.74, 6) is 1.58. The lowest BCUT2D eigenvalue weighted by molar-refractivity contribution is 0.0760. The van der Waals surface area contributed by atoms with Gasteiger partial charge in [-0.1, -0.05) is 18.2 Å². The molecule has 2 aromatic heterocycles. The Labute approximate surface area is 189 Å². The molecule has 0 aliphatic carbocycles. The molecular weight excluding hydrogens is 400 g/mol. The summed E-state index contributed by atoms with van der Waals surface area (Å²) in [7, 11) is 0. The van der Waals surface area contributed by atoms with Crippen molar-refractivity contribution < 1.29 is 9.53 Å². The number of ether oxygens (including phenoxy) is 1. The van der Waals surface area contributed by atoms with Crippen LogP contribution in [0.3, 0.4) is 0 Å². The summed E-state index contributed by atoms with van der Waals surface area (Å²) in [5, 5.41) is 1.25. The molecule has 0 unspecified atom stereocenters. The summed E-state index contributed by atoms with van der Waals surface area (Å²) in [5.41, 5.74) is 3.16. The van der Waals surface area contributed by atoms with Crippen LogP contribution < -0.4 is 4.90 Å². The molecule has 2 saturated heterocycles. The van der Waals surface area contributed by atoms with Crippen molar-refractivity contribution in [3.05, 3.63) is 66.0 Å². The number of nitrogens with zero attached hydrogens (tertiary/aromatic N) is 4. The van der Waals surface area contributed by atoms with Gasteiger partial charge in [0.25, 0.3) is 5.91 Å². The quantitative estimate of drug-likeness (QED) is 0.627. The number of carbonyl (C=O) groups excluding carboxylic acids is 1. The fourth-order valence-corrected chi connectivity index (χ4v) is 4.92. The van der Waals surface area contributed by atoms with Crippen molar-refractivity contribution in [2.45, 2.75) is 25.7 Å². The average Bonchev–Trinajstić information content (AvgIpc) is 3.10. The van der Waals surface area contributed by atoms with Crippen LogP contribution >= 0.6 is 0 Å². The molecule has 0 spiro atoms. The Kier molecular flexibility index (Phi) is 6.30. The molecule has 2 aliphatic heterocycles. The molecule has 3 aromatic rings. The summed E-state index contributed by atoms with van der Waals surface area (Å²) in [6.07, 6.45) is 7.94. The number of likely N-dealkylation sites (tertiary alicyclic amines) is 1. The molecule has 5 rings (SSSR count). The normalized spacial score (nSPS) is 19.7. The van der Waals surface area contributed by atoms with E-state index in [1.807, 2.05) is 29.3 Å². The van der Waals surface area contributed by atoms with Crippen LogP contribution in [-0.2, 0) is 11.2 Å². The van der Waals surface area contributed by atoms with E-state index in [2.05, 4.69) is 39.1 Å². The highest BCUT2D eigenvalue weighted by Crippen LogP contribution is 2.26. The van der Waals surface area contributed by atoms with Crippen LogP contribution in [0.2, 0.25) is 0 Å². The van der Waals surface area contributed by atoms with Gasteiger partial charge in [-0.2, -0.15) is 0 Å². The fraction of sp³-hybridized carbons (Fsp3) is 0.423. The van der Waals surface area contributed by atoms with Crippen LogP contribution in [0.4, 0.5) is 5.82 Å². The van der Waals surface area contributed by atoms with Gasteiger partial charge >= 0.3 is 0 Å². The molecule has 0 radical (unpaired) electrons. The van der Waals surface area contributed by atoms with E-state index in [0.717, 1.165) is 68.8 Å². The predicted molar refractivity (Wildman–Crippen MR) is 126 cm³/mol. The van der Waals surface area contributed by atoms with E-state index in [4.69, 9.17) is 4.74 Å². The molecule has 6 nitrogen and oxygen atoms in total. The van der Waals surface area contributed by atoms with E-state index in [0.29, 0.717) is 19.1 Å². The Morgan fingerprint density at radius 2 is 1.81 bits per heavy atom. The number of anilines is 1. The van der Waals surface area contributed by atoms with Crippen LogP contribution in [-0.4, -0.2) is 60.2 Å². The summed E-state index contributed by atoms with van der Waals surface area (Å²) in [6.45, 7) is 4.68. The number of carbonyl (C=O) groups is 1. The van der Waals surface area contributed by atoms with Gasteiger partial charge < -0.3 is 14.5 Å². The van der Waals surface area contributed by atoms with Crippen LogP contribution in [0.15, 0.2) is 54.9 Å². The van der Waals surface area contributed by atoms with Gasteiger partial charge in [-0.25, -0.2) is 4.98 Å². The lowest BCUT2D eigenvalue weighted by Crippen LogP contribution is -2.37. The van der Waals surface area contributed by atoms with Crippen molar-refractivity contribution in [2.75, 3.05) is 44.3 Å². The van der Waals surface area contributed by atoms with Gasteiger partial charge in [-0.3, -0.25) is 9.78 Å². The zero-order chi connectivity index (χ0) is 21.8. The van der Waals surface area contributed by atoms with Crippen molar-refractivity contribution in [3.63, 3.8) is 0 Å². The van der Waals surface area contributed by atoms with Gasteiger partial charge in [0, 0.05) is 49.5 Å². The van der Waals surface area contributed by atoms with Gasteiger partial charge in [0.05, 0.1) is 18.7 Å². The number of pyridine rings is 2. The minimum Gasteiger partial charge on any atom is -0.378 e. The molecule has 4 heterocycles. The first kappa shape index (κ1) is 20.9. The van der Waals surface area contributed by atoms with Crippen molar-refractivity contribution in [2.24, 2.45) is 5.92 Å². The SMILES string of the molecule is O=C(c1ccnc(N2CCOCC2)c1)N1CCC[C@@H](Cc2ccnc3ccccc23)CC1. The minimum atomic E-state index is 0.122. The van der Waals surface area contributed by atoms with Gasteiger partial charge in [-0.15, -0.1) is 0 Å². The first-order chi connectivity index (χ1) is 15.8. The molecule has 1 amide bonds. The second-order valence-corrected chi connectivity index (χ2v) is 8.78. The van der Waals surface area contributed by atoms with Crippen molar-refractivity contribution in [3.8, 4) is 0 Å². The van der Waals surface area contributed by atoms with Crippen molar-refractivity contribution in [1.82, 2.24) is 14.9 Å². The molecular formula is C26H30N4O2. The first-order valence-corrected chi connectivity index (χ1v) is 11.7. The highest BCUT2D eigenvalue weighted by molar-refractivity contribution is 5.95. The average molecular weight is 431 g/mol. The lowest BCUT2D eigenvalue weighted by atomic mass is 9.91. The minimum absolute atomic E-state index is 0.122. The standard InChI is InChI=1S/C26H30N4O2/c31-26(22-8-11-28-25(19-22)29-14-16-32-17-15-29)30-12-3-4-20(9-13-30)18-21-7-10-27-24-6-2-1-5-23(21)24/h1-2,5-8,10-11,19-20H,3-4,9,12-18H2/t20-/m1/s1. The van der Waals surface area contributed by atoms with Gasteiger partial charge in [0.1, 0.15) is 5.82 Å². The number of rotatable bonds is 4. The molecule has 1 aromatic carbocycles. The van der Waals surface area contributed by atoms with Crippen LogP contribution in [0.1, 0.15) is 35.2 Å². The van der Waals surface area contributed by atoms with E-state index in [1.165, 1.54) is 10.9 Å². The van der Waals surface area contributed by atoms with Gasteiger partial charge in [0.15, 0.2) is 0 Å². The van der Waals surface area contributed by atoms with Crippen molar-refractivity contribution in [1.29, 1.82) is 0 Å². The fourth-order valence-electron chi connectivity index (χ4n) is 4.92. The Morgan fingerprint density at radius 3 is 2.72 bits per heavy atom. The topological polar surface area (TPSA) is 58.6 Å². The Hall–Kier alpha value is -2.99. The van der Waals surface area contributed by atoms with Crippen molar-refractivity contribution >= 4 is 22.6 Å². The maximum Gasteiger partial charge on any atom is 0.254 e. The number of benzene rings is 1. The summed E-state index contributed by atoms with van der Waals surface area (Å²) < 4.78 is 5.44. The summed E-state index contributed by atoms with van der Waals surface area (Å²) >= 11 is 0. The Balaban J connectivity index is 1.25. The molecule has 2 aliphatic rings. The molecule has 0 N–H and O–H groups in total. The maximum atomic E-state index is 13.3. The number of morpholine rings is 1. The second-order valence-electron chi connectivity index (χ2n) is 8.78.